The number of aromatic nitrogens is 4. The first-order chi connectivity index (χ1) is 15.1. The summed E-state index contributed by atoms with van der Waals surface area (Å²) in [6.45, 7) is 4.91. The van der Waals surface area contributed by atoms with Gasteiger partial charge in [0.05, 0.1) is 24.7 Å². The van der Waals surface area contributed by atoms with Crippen LogP contribution in [0.5, 0.6) is 5.88 Å². The van der Waals surface area contributed by atoms with E-state index in [1.807, 2.05) is 19.3 Å². The predicted molar refractivity (Wildman–Crippen MR) is 112 cm³/mol. The highest BCUT2D eigenvalue weighted by Gasteiger charge is 2.31. The minimum atomic E-state index is -0.103. The molecule has 31 heavy (non-hydrogen) atoms. The molecule has 5 rings (SSSR count). The summed E-state index contributed by atoms with van der Waals surface area (Å²) >= 11 is 0. The molecular weight excluding hydrogens is 396 g/mol. The highest BCUT2D eigenvalue weighted by molar-refractivity contribution is 5.92. The zero-order valence-electron chi connectivity index (χ0n) is 17.6. The molecule has 9 nitrogen and oxygen atoms in total. The summed E-state index contributed by atoms with van der Waals surface area (Å²) in [5, 5.41) is 0. The molecule has 0 spiro atoms. The van der Waals surface area contributed by atoms with E-state index in [-0.39, 0.29) is 11.8 Å². The van der Waals surface area contributed by atoms with Gasteiger partial charge in [0.1, 0.15) is 12.1 Å². The van der Waals surface area contributed by atoms with Crippen molar-refractivity contribution >= 4 is 11.6 Å². The number of methoxy groups -OCH3 is 1. The number of hydrogen-bond acceptors (Lipinski definition) is 8. The van der Waals surface area contributed by atoms with Crippen LogP contribution in [-0.2, 0) is 13.0 Å². The van der Waals surface area contributed by atoms with E-state index >= 15 is 0 Å². The zero-order valence-corrected chi connectivity index (χ0v) is 17.6. The van der Waals surface area contributed by atoms with Gasteiger partial charge in [-0.05, 0) is 19.4 Å². The lowest BCUT2D eigenvalue weighted by Gasteiger charge is -2.30. The molecule has 0 saturated carbocycles. The van der Waals surface area contributed by atoms with Gasteiger partial charge in [-0.15, -0.1) is 0 Å². The van der Waals surface area contributed by atoms with E-state index in [9.17, 15) is 4.79 Å². The van der Waals surface area contributed by atoms with E-state index in [1.165, 1.54) is 12.7 Å². The molecule has 0 radical (unpaired) electrons. The maximum absolute atomic E-state index is 12.5. The molecule has 3 aromatic rings. The molecule has 1 unspecified atom stereocenters. The number of amides is 1. The standard InChI is InChI=1S/C22H24N6O3/c1-14-7-17(9-24-21(14)30-2)27-6-4-18-16(11-27)8-23-20(26-18)15-3-5-28(10-15)22(29)19-12-31-13-25-19/h7-9,12-13,15H,3-6,10-11H2,1-2H3. The second-order valence-corrected chi connectivity index (χ2v) is 8.00. The van der Waals surface area contributed by atoms with Crippen molar-refractivity contribution in [2.24, 2.45) is 0 Å². The van der Waals surface area contributed by atoms with Gasteiger partial charge >= 0.3 is 0 Å². The number of pyridine rings is 1. The van der Waals surface area contributed by atoms with Crippen molar-refractivity contribution in [3.05, 3.63) is 59.5 Å². The Kier molecular flexibility index (Phi) is 5.01. The van der Waals surface area contributed by atoms with Gasteiger partial charge in [-0.3, -0.25) is 4.79 Å². The van der Waals surface area contributed by atoms with Crippen LogP contribution in [0.2, 0.25) is 0 Å². The van der Waals surface area contributed by atoms with Crippen LogP contribution in [0.15, 0.2) is 35.5 Å². The predicted octanol–water partition coefficient (Wildman–Crippen LogP) is 2.37. The number of hydrogen-bond donors (Lipinski definition) is 0. The summed E-state index contributed by atoms with van der Waals surface area (Å²) < 4.78 is 10.2. The van der Waals surface area contributed by atoms with E-state index in [4.69, 9.17) is 14.1 Å². The second-order valence-electron chi connectivity index (χ2n) is 8.00. The minimum Gasteiger partial charge on any atom is -0.481 e. The Balaban J connectivity index is 1.28. The summed E-state index contributed by atoms with van der Waals surface area (Å²) in [4.78, 5) is 34.5. The fraction of sp³-hybridized carbons (Fsp3) is 0.409. The quantitative estimate of drug-likeness (QED) is 0.635. The normalized spacial score (nSPS) is 18.2. The molecular formula is C22H24N6O3. The Morgan fingerprint density at radius 1 is 1.23 bits per heavy atom. The Morgan fingerprint density at radius 2 is 2.13 bits per heavy atom. The van der Waals surface area contributed by atoms with Crippen LogP contribution >= 0.6 is 0 Å². The maximum atomic E-state index is 12.5. The SMILES string of the molecule is COc1ncc(N2CCc3nc(C4CCN(C(=O)c5cocn5)C4)ncc3C2)cc1C. The molecule has 0 aromatic carbocycles. The number of fused-ring (bicyclic) bond motifs is 1. The Hall–Kier alpha value is -3.49. The lowest BCUT2D eigenvalue weighted by atomic mass is 10.0. The van der Waals surface area contributed by atoms with Gasteiger partial charge in [-0.2, -0.15) is 0 Å². The van der Waals surface area contributed by atoms with E-state index in [2.05, 4.69) is 25.9 Å². The third-order valence-corrected chi connectivity index (χ3v) is 6.02. The summed E-state index contributed by atoms with van der Waals surface area (Å²) in [6.07, 6.45) is 8.16. The largest absolute Gasteiger partial charge is 0.481 e. The molecule has 160 valence electrons. The molecule has 1 fully saturated rings. The van der Waals surface area contributed by atoms with Crippen LogP contribution in [0.25, 0.3) is 0 Å². The average Bonchev–Trinajstić information content (AvgIpc) is 3.50. The molecule has 9 heteroatoms. The van der Waals surface area contributed by atoms with Gasteiger partial charge in [-0.25, -0.2) is 19.9 Å². The Bertz CT molecular complexity index is 1100. The molecule has 1 atom stereocenters. The highest BCUT2D eigenvalue weighted by atomic mass is 16.5. The van der Waals surface area contributed by atoms with Crippen molar-refractivity contribution in [3.63, 3.8) is 0 Å². The summed E-state index contributed by atoms with van der Waals surface area (Å²) in [6, 6.07) is 2.10. The van der Waals surface area contributed by atoms with Crippen LogP contribution in [0.1, 0.15) is 45.5 Å². The third-order valence-electron chi connectivity index (χ3n) is 6.02. The van der Waals surface area contributed by atoms with Crippen LogP contribution in [-0.4, -0.2) is 57.5 Å². The molecule has 3 aromatic heterocycles. The van der Waals surface area contributed by atoms with Crippen molar-refractivity contribution in [2.45, 2.75) is 32.2 Å². The van der Waals surface area contributed by atoms with Crippen LogP contribution in [0, 0.1) is 6.92 Å². The van der Waals surface area contributed by atoms with Gasteiger partial charge in [0.2, 0.25) is 5.88 Å². The zero-order chi connectivity index (χ0) is 21.4. The number of rotatable bonds is 4. The lowest BCUT2D eigenvalue weighted by molar-refractivity contribution is 0.0784. The van der Waals surface area contributed by atoms with Crippen LogP contribution < -0.4 is 9.64 Å². The van der Waals surface area contributed by atoms with E-state index in [0.717, 1.165) is 54.3 Å². The van der Waals surface area contributed by atoms with Crippen molar-refractivity contribution in [3.8, 4) is 5.88 Å². The van der Waals surface area contributed by atoms with Crippen LogP contribution in [0.4, 0.5) is 5.69 Å². The summed E-state index contributed by atoms with van der Waals surface area (Å²) in [5.74, 6) is 1.52. The number of oxazole rings is 1. The van der Waals surface area contributed by atoms with Gasteiger partial charge in [0.15, 0.2) is 12.1 Å². The van der Waals surface area contributed by atoms with Crippen molar-refractivity contribution in [2.75, 3.05) is 31.6 Å². The van der Waals surface area contributed by atoms with Crippen LogP contribution in [0.3, 0.4) is 0 Å². The lowest BCUT2D eigenvalue weighted by Crippen LogP contribution is -2.32. The monoisotopic (exact) mass is 420 g/mol. The fourth-order valence-corrected chi connectivity index (χ4v) is 4.32. The first-order valence-corrected chi connectivity index (χ1v) is 10.4. The van der Waals surface area contributed by atoms with Gasteiger partial charge < -0.3 is 19.0 Å². The molecule has 0 aliphatic carbocycles. The number of nitrogens with zero attached hydrogens (tertiary/aromatic N) is 6. The highest BCUT2D eigenvalue weighted by Crippen LogP contribution is 2.29. The van der Waals surface area contributed by atoms with Gasteiger partial charge in [0, 0.05) is 55.8 Å². The first-order valence-electron chi connectivity index (χ1n) is 10.4. The van der Waals surface area contributed by atoms with E-state index in [1.54, 1.807) is 12.0 Å². The van der Waals surface area contributed by atoms with Crippen molar-refractivity contribution in [1.29, 1.82) is 0 Å². The molecule has 0 N–H and O–H groups in total. The Labute approximate surface area is 180 Å². The molecule has 5 heterocycles. The van der Waals surface area contributed by atoms with Gasteiger partial charge in [0.25, 0.3) is 5.91 Å². The molecule has 2 aliphatic heterocycles. The molecule has 1 saturated heterocycles. The van der Waals surface area contributed by atoms with Gasteiger partial charge in [-0.1, -0.05) is 0 Å². The van der Waals surface area contributed by atoms with E-state index < -0.39 is 0 Å². The number of anilines is 1. The molecule has 1 amide bonds. The summed E-state index contributed by atoms with van der Waals surface area (Å²) in [5.41, 5.74) is 4.67. The Morgan fingerprint density at radius 3 is 2.90 bits per heavy atom. The first kappa shape index (κ1) is 19.5. The molecule has 0 bridgehead atoms. The number of ether oxygens (including phenoxy) is 1. The number of carbonyl (C=O) groups is 1. The number of aryl methyl sites for hydroxylation is 1. The number of likely N-dealkylation sites (tertiary alicyclic amines) is 1. The topological polar surface area (TPSA) is 97.5 Å². The third kappa shape index (κ3) is 3.71. The maximum Gasteiger partial charge on any atom is 0.275 e. The van der Waals surface area contributed by atoms with Crippen molar-refractivity contribution < 1.29 is 13.9 Å². The number of carbonyl (C=O) groups excluding carboxylic acids is 1. The smallest absolute Gasteiger partial charge is 0.275 e. The van der Waals surface area contributed by atoms with E-state index in [0.29, 0.717) is 24.7 Å². The van der Waals surface area contributed by atoms with Crippen molar-refractivity contribution in [1.82, 2.24) is 24.8 Å². The fourth-order valence-electron chi connectivity index (χ4n) is 4.32. The summed E-state index contributed by atoms with van der Waals surface area (Å²) in [7, 11) is 1.63. The minimum absolute atomic E-state index is 0.103. The molecule has 2 aliphatic rings. The second kappa shape index (κ2) is 7.98. The average molecular weight is 420 g/mol.